The molecule has 0 amide bonds. The van der Waals surface area contributed by atoms with Crippen molar-refractivity contribution in [3.8, 4) is 0 Å². The van der Waals surface area contributed by atoms with E-state index in [0.717, 1.165) is 24.9 Å². The van der Waals surface area contributed by atoms with Crippen molar-refractivity contribution in [1.82, 2.24) is 5.32 Å². The van der Waals surface area contributed by atoms with Gasteiger partial charge in [0.25, 0.3) is 0 Å². The minimum atomic E-state index is -2.82. The molecule has 5 heteroatoms. The summed E-state index contributed by atoms with van der Waals surface area (Å²) in [4.78, 5) is 0. The average Bonchev–Trinajstić information content (AvgIpc) is 2.92. The first-order valence-corrected chi connectivity index (χ1v) is 9.04. The van der Waals surface area contributed by atoms with Crippen molar-refractivity contribution >= 4 is 9.84 Å². The van der Waals surface area contributed by atoms with E-state index < -0.39 is 9.84 Å². The van der Waals surface area contributed by atoms with E-state index in [1.807, 2.05) is 6.07 Å². The molecule has 4 nitrogen and oxygen atoms in total. The van der Waals surface area contributed by atoms with Crippen LogP contribution in [0.15, 0.2) is 23.0 Å². The highest BCUT2D eigenvalue weighted by atomic mass is 32.2. The summed E-state index contributed by atoms with van der Waals surface area (Å²) < 4.78 is 28.5. The van der Waals surface area contributed by atoms with Crippen LogP contribution in [0.4, 0.5) is 0 Å². The molecule has 1 N–H and O–H groups in total. The van der Waals surface area contributed by atoms with Gasteiger partial charge in [0.15, 0.2) is 9.84 Å². The van der Waals surface area contributed by atoms with Crippen LogP contribution in [0.5, 0.6) is 0 Å². The summed E-state index contributed by atoms with van der Waals surface area (Å²) in [5, 5.41) is 3.51. The molecule has 0 bridgehead atoms. The molecule has 1 saturated heterocycles. The molecule has 2 unspecified atom stereocenters. The second kappa shape index (κ2) is 5.90. The summed E-state index contributed by atoms with van der Waals surface area (Å²) >= 11 is 0. The molecule has 1 aromatic heterocycles. The van der Waals surface area contributed by atoms with Crippen LogP contribution in [0.25, 0.3) is 0 Å². The quantitative estimate of drug-likeness (QED) is 0.906. The fraction of sp³-hybridized carbons (Fsp3) is 0.733. The molecule has 0 aromatic carbocycles. The highest BCUT2D eigenvalue weighted by Crippen LogP contribution is 2.28. The van der Waals surface area contributed by atoms with E-state index in [4.69, 9.17) is 4.42 Å². The highest BCUT2D eigenvalue weighted by molar-refractivity contribution is 7.91. The van der Waals surface area contributed by atoms with Crippen LogP contribution in [0.3, 0.4) is 0 Å². The summed E-state index contributed by atoms with van der Waals surface area (Å²) in [5.41, 5.74) is 1.20. The lowest BCUT2D eigenvalue weighted by molar-refractivity contribution is 0.301. The third-order valence-electron chi connectivity index (χ3n) is 3.91. The molecule has 114 valence electrons. The van der Waals surface area contributed by atoms with E-state index in [0.29, 0.717) is 17.4 Å². The summed E-state index contributed by atoms with van der Waals surface area (Å²) in [7, 11) is -2.82. The van der Waals surface area contributed by atoms with Gasteiger partial charge in [-0.2, -0.15) is 0 Å². The molecule has 20 heavy (non-hydrogen) atoms. The maximum absolute atomic E-state index is 11.7. The second-order valence-electron chi connectivity index (χ2n) is 6.89. The van der Waals surface area contributed by atoms with Crippen LogP contribution in [0, 0.1) is 11.8 Å². The van der Waals surface area contributed by atoms with E-state index in [1.54, 1.807) is 12.5 Å². The van der Waals surface area contributed by atoms with Crippen LogP contribution in [0.2, 0.25) is 0 Å². The van der Waals surface area contributed by atoms with Gasteiger partial charge in [0.05, 0.1) is 24.0 Å². The monoisotopic (exact) mass is 299 g/mol. The third-order valence-corrected chi connectivity index (χ3v) is 5.70. The Morgan fingerprint density at radius 2 is 2.20 bits per heavy atom. The lowest BCUT2D eigenvalue weighted by atomic mass is 9.86. The number of sulfone groups is 1. The Labute approximate surface area is 121 Å². The zero-order valence-electron chi connectivity index (χ0n) is 12.6. The summed E-state index contributed by atoms with van der Waals surface area (Å²) in [6.07, 6.45) is 5.10. The van der Waals surface area contributed by atoms with Gasteiger partial charge < -0.3 is 9.73 Å². The van der Waals surface area contributed by atoms with Crippen molar-refractivity contribution in [2.75, 3.05) is 18.1 Å². The smallest absolute Gasteiger partial charge is 0.150 e. The molecule has 0 spiro atoms. The molecule has 0 saturated carbocycles. The maximum atomic E-state index is 11.7. The first-order valence-electron chi connectivity index (χ1n) is 7.22. The Balaban J connectivity index is 2.03. The topological polar surface area (TPSA) is 59.3 Å². The van der Waals surface area contributed by atoms with Gasteiger partial charge in [0, 0.05) is 5.54 Å². The summed E-state index contributed by atoms with van der Waals surface area (Å²) in [5.74, 6) is 1.27. The van der Waals surface area contributed by atoms with Gasteiger partial charge >= 0.3 is 0 Å². The van der Waals surface area contributed by atoms with Crippen LogP contribution >= 0.6 is 0 Å². The van der Waals surface area contributed by atoms with E-state index in [-0.39, 0.29) is 11.5 Å². The normalized spacial score (nSPS) is 23.9. The van der Waals surface area contributed by atoms with Crippen molar-refractivity contribution in [3.63, 3.8) is 0 Å². The number of hydrogen-bond donors (Lipinski definition) is 1. The standard InChI is InChI=1S/C15H25NO3S/c1-15(2,3)16-9-14(8-12-4-6-19-10-12)13-5-7-20(17,18)11-13/h4,6,10,13-14,16H,5,7-9,11H2,1-3H3. The van der Waals surface area contributed by atoms with Crippen molar-refractivity contribution in [2.45, 2.75) is 39.2 Å². The Hall–Kier alpha value is -0.810. The number of hydrogen-bond acceptors (Lipinski definition) is 4. The second-order valence-corrected chi connectivity index (χ2v) is 9.12. The Morgan fingerprint density at radius 3 is 2.70 bits per heavy atom. The van der Waals surface area contributed by atoms with Gasteiger partial charge in [0.2, 0.25) is 0 Å². The number of furan rings is 1. The summed E-state index contributed by atoms with van der Waals surface area (Å²) in [6.45, 7) is 7.24. The molecule has 2 heterocycles. The molecule has 0 radical (unpaired) electrons. The third kappa shape index (κ3) is 4.63. The molecule has 1 aromatic rings. The predicted molar refractivity (Wildman–Crippen MR) is 80.4 cm³/mol. The van der Waals surface area contributed by atoms with Gasteiger partial charge in [-0.3, -0.25) is 0 Å². The minimum Gasteiger partial charge on any atom is -0.472 e. The Morgan fingerprint density at radius 1 is 1.45 bits per heavy atom. The van der Waals surface area contributed by atoms with Crippen LogP contribution in [-0.4, -0.2) is 32.0 Å². The maximum Gasteiger partial charge on any atom is 0.150 e. The Bertz CT molecular complexity index is 514. The van der Waals surface area contributed by atoms with Crippen LogP contribution < -0.4 is 5.32 Å². The van der Waals surface area contributed by atoms with Crippen LogP contribution in [-0.2, 0) is 16.3 Å². The van der Waals surface area contributed by atoms with Crippen molar-refractivity contribution in [3.05, 3.63) is 24.2 Å². The lowest BCUT2D eigenvalue weighted by Crippen LogP contribution is -2.41. The number of nitrogens with one attached hydrogen (secondary N) is 1. The zero-order chi connectivity index (χ0) is 14.8. The molecule has 2 rings (SSSR count). The summed E-state index contributed by atoms with van der Waals surface area (Å²) in [6, 6.07) is 1.97. The van der Waals surface area contributed by atoms with Gasteiger partial charge in [-0.25, -0.2) is 8.42 Å². The largest absolute Gasteiger partial charge is 0.472 e. The van der Waals surface area contributed by atoms with E-state index in [1.165, 1.54) is 0 Å². The SMILES string of the molecule is CC(C)(C)NCC(Cc1ccoc1)C1CCS(=O)(=O)C1. The molecule has 2 atom stereocenters. The fourth-order valence-corrected chi connectivity index (χ4v) is 4.67. The molecule has 1 fully saturated rings. The predicted octanol–water partition coefficient (Wildman–Crippen LogP) is 2.26. The number of rotatable bonds is 5. The van der Waals surface area contributed by atoms with Crippen molar-refractivity contribution < 1.29 is 12.8 Å². The van der Waals surface area contributed by atoms with Crippen molar-refractivity contribution in [2.24, 2.45) is 11.8 Å². The Kier molecular flexibility index (Phi) is 4.59. The molecule has 1 aliphatic rings. The highest BCUT2D eigenvalue weighted by Gasteiger charge is 2.34. The lowest BCUT2D eigenvalue weighted by Gasteiger charge is -2.28. The first-order chi connectivity index (χ1) is 9.25. The van der Waals surface area contributed by atoms with E-state index >= 15 is 0 Å². The first kappa shape index (κ1) is 15.6. The fourth-order valence-electron chi connectivity index (χ4n) is 2.75. The molecular formula is C15H25NO3S. The zero-order valence-corrected chi connectivity index (χ0v) is 13.4. The van der Waals surface area contributed by atoms with Gasteiger partial charge in [-0.05, 0) is 63.6 Å². The van der Waals surface area contributed by atoms with Crippen LogP contribution in [0.1, 0.15) is 32.8 Å². The van der Waals surface area contributed by atoms with E-state index in [9.17, 15) is 8.42 Å². The van der Waals surface area contributed by atoms with Gasteiger partial charge in [-0.1, -0.05) is 0 Å². The minimum absolute atomic E-state index is 0.0477. The molecule has 1 aliphatic heterocycles. The van der Waals surface area contributed by atoms with E-state index in [2.05, 4.69) is 26.1 Å². The van der Waals surface area contributed by atoms with Gasteiger partial charge in [0.1, 0.15) is 0 Å². The van der Waals surface area contributed by atoms with Crippen molar-refractivity contribution in [1.29, 1.82) is 0 Å². The molecular weight excluding hydrogens is 274 g/mol. The van der Waals surface area contributed by atoms with Gasteiger partial charge in [-0.15, -0.1) is 0 Å². The molecule has 0 aliphatic carbocycles. The average molecular weight is 299 g/mol.